The van der Waals surface area contributed by atoms with Crippen molar-refractivity contribution in [2.24, 2.45) is 11.8 Å². The third-order valence-electron chi connectivity index (χ3n) is 6.80. The highest BCUT2D eigenvalue weighted by Gasteiger charge is 2.63. The fourth-order valence-corrected chi connectivity index (χ4v) is 5.57. The molecule has 168 valence electrons. The van der Waals surface area contributed by atoms with Gasteiger partial charge in [0.1, 0.15) is 17.4 Å². The zero-order valence-corrected chi connectivity index (χ0v) is 17.9. The molecule has 5 rings (SSSR count). The minimum Gasteiger partial charge on any atom is -0.456 e. The maximum Gasteiger partial charge on any atom is 0.416 e. The second-order valence-corrected chi connectivity index (χ2v) is 8.95. The van der Waals surface area contributed by atoms with Crippen molar-refractivity contribution in [3.63, 3.8) is 0 Å². The number of fused-ring (bicyclic) bond motifs is 5. The zero-order valence-electron chi connectivity index (χ0n) is 17.1. The standard InChI is InChI=1S/C24H20ClF3O4/c1-2-11-3-5-13(31-16-6-4-12(9-15(16)25)24(26,27)28)10-14(11)19-22(29)20-17-7-8-18(32-17)21(20)23(19)30/h3-6,9-10,17-21H,2,7-8H2,1H3/t17-,18+,19?,20-,21+. The maximum atomic E-state index is 13.2. The van der Waals surface area contributed by atoms with E-state index in [0.29, 0.717) is 17.7 Å². The predicted molar refractivity (Wildman–Crippen MR) is 110 cm³/mol. The zero-order chi connectivity index (χ0) is 22.8. The number of carbonyl (C=O) groups excluding carboxylic acids is 2. The van der Waals surface area contributed by atoms with Gasteiger partial charge in [-0.2, -0.15) is 13.2 Å². The van der Waals surface area contributed by atoms with Crippen LogP contribution >= 0.6 is 11.6 Å². The Kier molecular flexibility index (Phi) is 5.09. The molecule has 3 fully saturated rings. The van der Waals surface area contributed by atoms with Crippen LogP contribution in [0.5, 0.6) is 11.5 Å². The first-order valence-corrected chi connectivity index (χ1v) is 11.0. The number of ether oxygens (including phenoxy) is 2. The summed E-state index contributed by atoms with van der Waals surface area (Å²) in [4.78, 5) is 26.5. The van der Waals surface area contributed by atoms with Crippen molar-refractivity contribution in [2.75, 3.05) is 0 Å². The number of rotatable bonds is 4. The van der Waals surface area contributed by atoms with E-state index in [1.54, 1.807) is 18.2 Å². The first kappa shape index (κ1) is 21.5. The highest BCUT2D eigenvalue weighted by molar-refractivity contribution is 6.32. The topological polar surface area (TPSA) is 52.6 Å². The monoisotopic (exact) mass is 464 g/mol. The van der Waals surface area contributed by atoms with Gasteiger partial charge in [-0.05, 0) is 60.7 Å². The molecule has 0 radical (unpaired) electrons. The van der Waals surface area contributed by atoms with Gasteiger partial charge >= 0.3 is 6.18 Å². The fraction of sp³-hybridized carbons (Fsp3) is 0.417. The first-order valence-electron chi connectivity index (χ1n) is 10.6. The number of hydrogen-bond donors (Lipinski definition) is 0. The van der Waals surface area contributed by atoms with Crippen LogP contribution in [0.4, 0.5) is 13.2 Å². The molecule has 5 atom stereocenters. The molecule has 2 aliphatic heterocycles. The Morgan fingerprint density at radius 2 is 1.69 bits per heavy atom. The second-order valence-electron chi connectivity index (χ2n) is 8.54. The highest BCUT2D eigenvalue weighted by Crippen LogP contribution is 2.53. The number of alkyl halides is 3. The number of hydrogen-bond acceptors (Lipinski definition) is 4. The lowest BCUT2D eigenvalue weighted by Gasteiger charge is -2.18. The SMILES string of the molecule is CCc1ccc(Oc2ccc(C(F)(F)F)cc2Cl)cc1C1C(=O)[C@@H]2[C@H](C1=O)[C@H]1CC[C@@H]2O1. The number of ketones is 2. The molecule has 1 aliphatic carbocycles. The molecule has 32 heavy (non-hydrogen) atoms. The van der Waals surface area contributed by atoms with Crippen LogP contribution in [0.1, 0.15) is 42.4 Å². The lowest BCUT2D eigenvalue weighted by Crippen LogP contribution is -2.29. The Morgan fingerprint density at radius 1 is 1.03 bits per heavy atom. The van der Waals surface area contributed by atoms with Crippen molar-refractivity contribution >= 4 is 23.2 Å². The van der Waals surface area contributed by atoms with E-state index in [-0.39, 0.29) is 46.4 Å². The largest absolute Gasteiger partial charge is 0.456 e. The third-order valence-corrected chi connectivity index (χ3v) is 7.09. The van der Waals surface area contributed by atoms with Gasteiger partial charge in [0.2, 0.25) is 0 Å². The normalized spacial score (nSPS) is 29.0. The van der Waals surface area contributed by atoms with Crippen LogP contribution in [-0.4, -0.2) is 23.8 Å². The minimum absolute atomic E-state index is 0.0576. The molecule has 2 aromatic rings. The van der Waals surface area contributed by atoms with Gasteiger partial charge in [-0.3, -0.25) is 9.59 Å². The maximum absolute atomic E-state index is 13.2. The van der Waals surface area contributed by atoms with Gasteiger partial charge in [0.25, 0.3) is 0 Å². The summed E-state index contributed by atoms with van der Waals surface area (Å²) in [7, 11) is 0. The summed E-state index contributed by atoms with van der Waals surface area (Å²) in [6.45, 7) is 1.93. The Morgan fingerprint density at radius 3 is 2.25 bits per heavy atom. The Hall–Kier alpha value is -2.38. The Bertz CT molecular complexity index is 1080. The first-order chi connectivity index (χ1) is 15.2. The number of carbonyl (C=O) groups is 2. The third kappa shape index (κ3) is 3.33. The molecule has 1 saturated carbocycles. The van der Waals surface area contributed by atoms with Gasteiger partial charge in [-0.1, -0.05) is 24.6 Å². The van der Waals surface area contributed by atoms with E-state index in [9.17, 15) is 22.8 Å². The van der Waals surface area contributed by atoms with E-state index in [0.717, 1.165) is 36.6 Å². The molecule has 2 saturated heterocycles. The van der Waals surface area contributed by atoms with Crippen molar-refractivity contribution in [3.05, 3.63) is 58.1 Å². The summed E-state index contributed by atoms with van der Waals surface area (Å²) < 4.78 is 50.2. The van der Waals surface area contributed by atoms with Crippen LogP contribution in [0, 0.1) is 11.8 Å². The lowest BCUT2D eigenvalue weighted by atomic mass is 9.81. The number of Topliss-reactive ketones (excluding diaryl/α,β-unsaturated/α-hetero) is 2. The predicted octanol–water partition coefficient (Wildman–Crippen LogP) is 5.74. The average molecular weight is 465 g/mol. The van der Waals surface area contributed by atoms with Crippen LogP contribution in [0.2, 0.25) is 5.02 Å². The van der Waals surface area contributed by atoms with Crippen LogP contribution in [0.25, 0.3) is 0 Å². The van der Waals surface area contributed by atoms with Gasteiger partial charge in [0.05, 0.1) is 34.6 Å². The van der Waals surface area contributed by atoms with Gasteiger partial charge in [0, 0.05) is 0 Å². The van der Waals surface area contributed by atoms with Gasteiger partial charge in [0.15, 0.2) is 11.6 Å². The van der Waals surface area contributed by atoms with E-state index in [1.807, 2.05) is 6.92 Å². The molecular weight excluding hydrogens is 445 g/mol. The Labute approximate surface area is 187 Å². The van der Waals surface area contributed by atoms with Crippen molar-refractivity contribution in [3.8, 4) is 11.5 Å². The molecule has 8 heteroatoms. The van der Waals surface area contributed by atoms with Gasteiger partial charge < -0.3 is 9.47 Å². The Balaban J connectivity index is 1.47. The lowest BCUT2D eigenvalue weighted by molar-refractivity contribution is -0.137. The minimum atomic E-state index is -4.51. The molecule has 2 bridgehead atoms. The van der Waals surface area contributed by atoms with Crippen molar-refractivity contribution in [1.29, 1.82) is 0 Å². The van der Waals surface area contributed by atoms with E-state index in [1.165, 1.54) is 0 Å². The molecule has 0 spiro atoms. The summed E-state index contributed by atoms with van der Waals surface area (Å²) in [5.74, 6) is -1.48. The molecule has 0 amide bonds. The molecule has 0 N–H and O–H groups in total. The van der Waals surface area contributed by atoms with Crippen LogP contribution in [-0.2, 0) is 26.9 Å². The number of halogens is 4. The summed E-state index contributed by atoms with van der Waals surface area (Å²) in [6, 6.07) is 7.93. The fourth-order valence-electron chi connectivity index (χ4n) is 5.35. The quantitative estimate of drug-likeness (QED) is 0.541. The molecule has 2 aromatic carbocycles. The van der Waals surface area contributed by atoms with Crippen molar-refractivity contribution < 1.29 is 32.2 Å². The molecular formula is C24H20ClF3O4. The van der Waals surface area contributed by atoms with Crippen LogP contribution in [0.15, 0.2) is 36.4 Å². The van der Waals surface area contributed by atoms with Gasteiger partial charge in [-0.15, -0.1) is 0 Å². The molecule has 3 aliphatic rings. The van der Waals surface area contributed by atoms with Crippen molar-refractivity contribution in [1.82, 2.24) is 0 Å². The second kappa shape index (κ2) is 7.59. The van der Waals surface area contributed by atoms with Crippen LogP contribution < -0.4 is 4.74 Å². The molecule has 0 aromatic heterocycles. The summed E-state index contributed by atoms with van der Waals surface area (Å²) in [5, 5.41) is -0.183. The summed E-state index contributed by atoms with van der Waals surface area (Å²) in [6.07, 6.45) is -2.65. The smallest absolute Gasteiger partial charge is 0.416 e. The van der Waals surface area contributed by atoms with Crippen molar-refractivity contribution in [2.45, 2.75) is 50.5 Å². The van der Waals surface area contributed by atoms with E-state index in [2.05, 4.69) is 0 Å². The van der Waals surface area contributed by atoms with Gasteiger partial charge in [-0.25, -0.2) is 0 Å². The molecule has 2 heterocycles. The van der Waals surface area contributed by atoms with E-state index >= 15 is 0 Å². The summed E-state index contributed by atoms with van der Waals surface area (Å²) in [5.41, 5.74) is 0.579. The highest BCUT2D eigenvalue weighted by atomic mass is 35.5. The average Bonchev–Trinajstić information content (AvgIpc) is 3.42. The van der Waals surface area contributed by atoms with E-state index < -0.39 is 17.7 Å². The van der Waals surface area contributed by atoms with Crippen LogP contribution in [0.3, 0.4) is 0 Å². The number of aryl methyl sites for hydroxylation is 1. The number of benzene rings is 2. The van der Waals surface area contributed by atoms with E-state index in [4.69, 9.17) is 21.1 Å². The molecule has 1 unspecified atom stereocenters. The molecule has 4 nitrogen and oxygen atoms in total. The summed E-state index contributed by atoms with van der Waals surface area (Å²) >= 11 is 6.01.